The highest BCUT2D eigenvalue weighted by Crippen LogP contribution is 2.37. The Kier molecular flexibility index (Phi) is 7.60. The monoisotopic (exact) mass is 530 g/mol. The van der Waals surface area contributed by atoms with Gasteiger partial charge in [0.2, 0.25) is 0 Å². The van der Waals surface area contributed by atoms with Crippen LogP contribution in [-0.2, 0) is 20.8 Å². The number of carbonyl (C=O) groups excluding carboxylic acids is 1. The standard InChI is InChI=1S/C30H34N4O5/c35-29-31-24-9-6-10-25(33-14-16-34(17-15-33)30(36)38-20-21-7-2-1-3-8-21)27(24)28(32-29)22-12-13-23(19-22)39-26-11-4-5-18-37-26/h1-3,6-10,12-13,22-23,26H,4-5,11,14-20H2,(H,31,32,35)/t22-,23?,26?/m0/s1. The van der Waals surface area contributed by atoms with E-state index in [0.717, 1.165) is 60.1 Å². The highest BCUT2D eigenvalue weighted by atomic mass is 16.7. The van der Waals surface area contributed by atoms with Crippen molar-refractivity contribution in [2.45, 2.75) is 50.6 Å². The number of ether oxygens (including phenoxy) is 3. The van der Waals surface area contributed by atoms with Crippen LogP contribution in [0.2, 0.25) is 0 Å². The van der Waals surface area contributed by atoms with E-state index in [-0.39, 0.29) is 36.7 Å². The van der Waals surface area contributed by atoms with Crippen LogP contribution >= 0.6 is 0 Å². The average Bonchev–Trinajstić information content (AvgIpc) is 3.44. The number of aromatic amines is 1. The second-order valence-corrected chi connectivity index (χ2v) is 10.3. The molecule has 1 aromatic heterocycles. The lowest BCUT2D eigenvalue weighted by molar-refractivity contribution is -0.178. The normalized spacial score (nSPS) is 23.3. The van der Waals surface area contributed by atoms with E-state index in [4.69, 9.17) is 14.2 Å². The fourth-order valence-corrected chi connectivity index (χ4v) is 5.68. The van der Waals surface area contributed by atoms with E-state index in [9.17, 15) is 9.59 Å². The van der Waals surface area contributed by atoms with Gasteiger partial charge in [0, 0.05) is 49.8 Å². The molecule has 2 aliphatic heterocycles. The van der Waals surface area contributed by atoms with E-state index in [2.05, 4.69) is 33.1 Å². The van der Waals surface area contributed by atoms with Crippen LogP contribution in [0, 0.1) is 0 Å². The number of fused-ring (bicyclic) bond motifs is 1. The first-order valence-corrected chi connectivity index (χ1v) is 13.8. The highest BCUT2D eigenvalue weighted by Gasteiger charge is 2.30. The maximum absolute atomic E-state index is 12.7. The minimum atomic E-state index is -0.353. The molecule has 1 amide bonds. The SMILES string of the molecule is O=C(OCc1ccccc1)N1CCN(c2cccc3[nH]c(=O)nc([C@H]4C=CC(OC5CCCCO5)C4)c23)CC1. The summed E-state index contributed by atoms with van der Waals surface area (Å²) in [5, 5.41) is 0.946. The van der Waals surface area contributed by atoms with Gasteiger partial charge in [0.1, 0.15) is 6.61 Å². The van der Waals surface area contributed by atoms with Crippen LogP contribution < -0.4 is 10.6 Å². The van der Waals surface area contributed by atoms with Crippen LogP contribution in [0.25, 0.3) is 10.9 Å². The first-order valence-electron chi connectivity index (χ1n) is 13.8. The molecule has 9 nitrogen and oxygen atoms in total. The quantitative estimate of drug-likeness (QED) is 0.474. The molecule has 0 spiro atoms. The molecule has 2 aromatic carbocycles. The molecular formula is C30H34N4O5. The summed E-state index contributed by atoms with van der Waals surface area (Å²) in [6.07, 6.45) is 7.48. The van der Waals surface area contributed by atoms with E-state index in [1.54, 1.807) is 4.90 Å². The van der Waals surface area contributed by atoms with E-state index in [0.29, 0.717) is 26.2 Å². The second-order valence-electron chi connectivity index (χ2n) is 10.3. The molecule has 3 atom stereocenters. The van der Waals surface area contributed by atoms with Crippen LogP contribution in [0.1, 0.15) is 42.9 Å². The van der Waals surface area contributed by atoms with E-state index >= 15 is 0 Å². The van der Waals surface area contributed by atoms with Crippen molar-refractivity contribution in [1.29, 1.82) is 0 Å². The number of nitrogens with zero attached hydrogens (tertiary/aromatic N) is 3. The molecule has 2 fully saturated rings. The number of allylic oxidation sites excluding steroid dienone is 1. The lowest BCUT2D eigenvalue weighted by Gasteiger charge is -2.36. The van der Waals surface area contributed by atoms with Crippen LogP contribution in [0.3, 0.4) is 0 Å². The summed E-state index contributed by atoms with van der Waals surface area (Å²) in [5.41, 5.74) is 3.15. The zero-order chi connectivity index (χ0) is 26.6. The molecule has 6 rings (SSSR count). The molecule has 9 heteroatoms. The number of piperazine rings is 1. The zero-order valence-electron chi connectivity index (χ0n) is 22.0. The highest BCUT2D eigenvalue weighted by molar-refractivity contribution is 5.94. The Bertz CT molecular complexity index is 1380. The van der Waals surface area contributed by atoms with Gasteiger partial charge in [-0.25, -0.2) is 9.59 Å². The molecule has 2 saturated heterocycles. The van der Waals surface area contributed by atoms with Crippen molar-refractivity contribution in [1.82, 2.24) is 14.9 Å². The third kappa shape index (κ3) is 5.84. The van der Waals surface area contributed by atoms with Gasteiger partial charge in [0.05, 0.1) is 17.3 Å². The van der Waals surface area contributed by atoms with Gasteiger partial charge in [-0.3, -0.25) is 0 Å². The molecule has 2 unspecified atom stereocenters. The summed E-state index contributed by atoms with van der Waals surface area (Å²) in [6, 6.07) is 15.6. The van der Waals surface area contributed by atoms with Gasteiger partial charge in [-0.15, -0.1) is 0 Å². The molecule has 0 bridgehead atoms. The second kappa shape index (κ2) is 11.6. The van der Waals surface area contributed by atoms with Crippen molar-refractivity contribution in [2.75, 3.05) is 37.7 Å². The largest absolute Gasteiger partial charge is 0.445 e. The fraction of sp³-hybridized carbons (Fsp3) is 0.433. The van der Waals surface area contributed by atoms with E-state index < -0.39 is 0 Å². The van der Waals surface area contributed by atoms with E-state index in [1.807, 2.05) is 42.5 Å². The predicted molar refractivity (Wildman–Crippen MR) is 148 cm³/mol. The lowest BCUT2D eigenvalue weighted by Crippen LogP contribution is -2.49. The maximum atomic E-state index is 12.7. The fourth-order valence-electron chi connectivity index (χ4n) is 5.68. The summed E-state index contributed by atoms with van der Waals surface area (Å²) < 4.78 is 17.5. The topological polar surface area (TPSA) is 97.0 Å². The lowest BCUT2D eigenvalue weighted by atomic mass is 9.98. The van der Waals surface area contributed by atoms with Gasteiger partial charge in [0.15, 0.2) is 6.29 Å². The van der Waals surface area contributed by atoms with Gasteiger partial charge in [-0.05, 0) is 43.4 Å². The molecule has 0 saturated carbocycles. The van der Waals surface area contributed by atoms with Gasteiger partial charge < -0.3 is 29.0 Å². The number of H-pyrrole nitrogens is 1. The number of aromatic nitrogens is 2. The number of hydrogen-bond acceptors (Lipinski definition) is 7. The minimum absolute atomic E-state index is 0.0289. The van der Waals surface area contributed by atoms with E-state index in [1.165, 1.54) is 0 Å². The number of rotatable bonds is 6. The van der Waals surface area contributed by atoms with Crippen molar-refractivity contribution in [3.63, 3.8) is 0 Å². The number of benzene rings is 2. The first kappa shape index (κ1) is 25.6. The molecule has 1 N–H and O–H groups in total. The van der Waals surface area contributed by atoms with Crippen molar-refractivity contribution in [2.24, 2.45) is 0 Å². The minimum Gasteiger partial charge on any atom is -0.445 e. The zero-order valence-corrected chi connectivity index (χ0v) is 22.0. The average molecular weight is 531 g/mol. The number of anilines is 1. The Morgan fingerprint density at radius 3 is 2.67 bits per heavy atom. The number of carbonyl (C=O) groups is 1. The molecule has 3 aromatic rings. The number of amides is 1. The molecule has 3 aliphatic rings. The van der Waals surface area contributed by atoms with Gasteiger partial charge in [-0.1, -0.05) is 48.6 Å². The van der Waals surface area contributed by atoms with Gasteiger partial charge in [-0.2, -0.15) is 4.98 Å². The summed E-state index contributed by atoms with van der Waals surface area (Å²) >= 11 is 0. The van der Waals surface area contributed by atoms with Crippen LogP contribution in [-0.4, -0.2) is 66.1 Å². The molecule has 1 aliphatic carbocycles. The molecule has 3 heterocycles. The van der Waals surface area contributed by atoms with Crippen molar-refractivity contribution in [3.8, 4) is 0 Å². The third-order valence-electron chi connectivity index (χ3n) is 7.71. The maximum Gasteiger partial charge on any atom is 0.410 e. The molecule has 39 heavy (non-hydrogen) atoms. The Labute approximate surface area is 227 Å². The first-order chi connectivity index (χ1) is 19.1. The smallest absolute Gasteiger partial charge is 0.410 e. The summed E-state index contributed by atoms with van der Waals surface area (Å²) in [7, 11) is 0. The van der Waals surface area contributed by atoms with Gasteiger partial charge >= 0.3 is 11.8 Å². The van der Waals surface area contributed by atoms with Crippen molar-refractivity contribution >= 4 is 22.7 Å². The Balaban J connectivity index is 1.15. The summed E-state index contributed by atoms with van der Waals surface area (Å²) in [5.74, 6) is -0.0289. The van der Waals surface area contributed by atoms with Crippen molar-refractivity contribution < 1.29 is 19.0 Å². The van der Waals surface area contributed by atoms with Crippen LogP contribution in [0.15, 0.2) is 65.5 Å². The molecule has 0 radical (unpaired) electrons. The molecule has 204 valence electrons. The third-order valence-corrected chi connectivity index (χ3v) is 7.71. The Hall–Kier alpha value is -3.69. The van der Waals surface area contributed by atoms with Crippen LogP contribution in [0.4, 0.5) is 10.5 Å². The Morgan fingerprint density at radius 1 is 1.03 bits per heavy atom. The molecular weight excluding hydrogens is 496 g/mol. The number of nitrogens with one attached hydrogen (secondary N) is 1. The Morgan fingerprint density at radius 2 is 1.87 bits per heavy atom. The number of hydrogen-bond donors (Lipinski definition) is 1. The summed E-state index contributed by atoms with van der Waals surface area (Å²) in [4.78, 5) is 36.6. The van der Waals surface area contributed by atoms with Crippen LogP contribution in [0.5, 0.6) is 0 Å². The summed E-state index contributed by atoms with van der Waals surface area (Å²) in [6.45, 7) is 3.42. The predicted octanol–water partition coefficient (Wildman–Crippen LogP) is 4.34. The van der Waals surface area contributed by atoms with Crippen molar-refractivity contribution in [3.05, 3.63) is 82.4 Å². The van der Waals surface area contributed by atoms with Gasteiger partial charge in [0.25, 0.3) is 0 Å².